The fourth-order valence-electron chi connectivity index (χ4n) is 1.52. The van der Waals surface area contributed by atoms with E-state index in [-0.39, 0.29) is 26.9 Å². The van der Waals surface area contributed by atoms with Crippen molar-refractivity contribution in [2.45, 2.75) is 0 Å². The number of ketones is 1. The molecule has 0 fully saturated rings. The Kier molecular flexibility index (Phi) is 3.55. The SMILES string of the molecule is Nc1c(Cl)cc(C(=O)c2ccccc2F)cc1Cl. The van der Waals surface area contributed by atoms with E-state index in [0.717, 1.165) is 0 Å². The molecule has 5 heteroatoms. The first-order valence-electron chi connectivity index (χ1n) is 5.04. The summed E-state index contributed by atoms with van der Waals surface area (Å²) >= 11 is 11.7. The van der Waals surface area contributed by atoms with Gasteiger partial charge in [0.25, 0.3) is 0 Å². The molecular weight excluding hydrogens is 276 g/mol. The third-order valence-electron chi connectivity index (χ3n) is 2.46. The second kappa shape index (κ2) is 4.96. The number of carbonyl (C=O) groups is 1. The molecular formula is C13H8Cl2FNO. The summed E-state index contributed by atoms with van der Waals surface area (Å²) in [5.74, 6) is -1.08. The maximum absolute atomic E-state index is 13.5. The molecule has 0 heterocycles. The first-order chi connectivity index (χ1) is 8.50. The minimum atomic E-state index is -0.591. The van der Waals surface area contributed by atoms with Crippen molar-refractivity contribution in [3.05, 3.63) is 63.4 Å². The largest absolute Gasteiger partial charge is 0.396 e. The van der Waals surface area contributed by atoms with E-state index in [4.69, 9.17) is 28.9 Å². The molecule has 0 radical (unpaired) electrons. The molecule has 0 aliphatic carbocycles. The summed E-state index contributed by atoms with van der Waals surface area (Å²) in [6, 6.07) is 8.45. The highest BCUT2D eigenvalue weighted by Gasteiger charge is 2.16. The molecule has 0 aromatic heterocycles. The Morgan fingerprint density at radius 2 is 1.67 bits per heavy atom. The van der Waals surface area contributed by atoms with Gasteiger partial charge in [-0.25, -0.2) is 4.39 Å². The number of halogens is 3. The minimum Gasteiger partial charge on any atom is -0.396 e. The number of rotatable bonds is 2. The summed E-state index contributed by atoms with van der Waals surface area (Å²) in [6.45, 7) is 0. The van der Waals surface area contributed by atoms with E-state index in [1.54, 1.807) is 6.07 Å². The standard InChI is InChI=1S/C13H8Cl2FNO/c14-9-5-7(6-10(15)12(9)17)13(18)8-3-1-2-4-11(8)16/h1-6H,17H2. The Balaban J connectivity index is 2.51. The highest BCUT2D eigenvalue weighted by molar-refractivity contribution is 6.39. The third-order valence-corrected chi connectivity index (χ3v) is 3.09. The van der Waals surface area contributed by atoms with Crippen LogP contribution in [0, 0.1) is 5.82 Å². The molecule has 0 unspecified atom stereocenters. The van der Waals surface area contributed by atoms with E-state index >= 15 is 0 Å². The van der Waals surface area contributed by atoms with Crippen LogP contribution in [-0.2, 0) is 0 Å². The number of nitrogens with two attached hydrogens (primary N) is 1. The predicted octanol–water partition coefficient (Wildman–Crippen LogP) is 3.95. The van der Waals surface area contributed by atoms with Gasteiger partial charge in [-0.1, -0.05) is 35.3 Å². The van der Waals surface area contributed by atoms with Gasteiger partial charge >= 0.3 is 0 Å². The zero-order valence-electron chi connectivity index (χ0n) is 9.08. The Labute approximate surface area is 113 Å². The van der Waals surface area contributed by atoms with Crippen LogP contribution < -0.4 is 5.73 Å². The molecule has 0 saturated carbocycles. The quantitative estimate of drug-likeness (QED) is 0.670. The predicted molar refractivity (Wildman–Crippen MR) is 70.7 cm³/mol. The topological polar surface area (TPSA) is 43.1 Å². The van der Waals surface area contributed by atoms with Gasteiger partial charge in [-0.3, -0.25) is 4.79 Å². The number of hydrogen-bond donors (Lipinski definition) is 1. The second-order valence-electron chi connectivity index (χ2n) is 3.66. The first-order valence-corrected chi connectivity index (χ1v) is 5.80. The van der Waals surface area contributed by atoms with Crippen molar-refractivity contribution in [1.29, 1.82) is 0 Å². The smallest absolute Gasteiger partial charge is 0.196 e. The number of carbonyl (C=O) groups excluding carboxylic acids is 1. The summed E-state index contributed by atoms with van der Waals surface area (Å²) in [4.78, 5) is 12.1. The minimum absolute atomic E-state index is 0.0330. The highest BCUT2D eigenvalue weighted by atomic mass is 35.5. The van der Waals surface area contributed by atoms with E-state index in [1.807, 2.05) is 0 Å². The monoisotopic (exact) mass is 283 g/mol. The summed E-state index contributed by atoms with van der Waals surface area (Å²) in [5.41, 5.74) is 5.93. The lowest BCUT2D eigenvalue weighted by Crippen LogP contribution is -2.05. The molecule has 0 amide bonds. The van der Waals surface area contributed by atoms with E-state index in [9.17, 15) is 9.18 Å². The van der Waals surface area contributed by atoms with Gasteiger partial charge in [-0.2, -0.15) is 0 Å². The Bertz CT molecular complexity index is 605. The van der Waals surface area contributed by atoms with Gasteiger partial charge in [-0.15, -0.1) is 0 Å². The first kappa shape index (κ1) is 12.9. The molecule has 92 valence electrons. The average Bonchev–Trinajstić information content (AvgIpc) is 2.35. The van der Waals surface area contributed by atoms with Crippen LogP contribution in [-0.4, -0.2) is 5.78 Å². The zero-order chi connectivity index (χ0) is 13.3. The molecule has 2 N–H and O–H groups in total. The normalized spacial score (nSPS) is 10.4. The molecule has 0 atom stereocenters. The maximum Gasteiger partial charge on any atom is 0.196 e. The van der Waals surface area contributed by atoms with E-state index < -0.39 is 11.6 Å². The van der Waals surface area contributed by atoms with Crippen molar-refractivity contribution < 1.29 is 9.18 Å². The summed E-state index contributed by atoms with van der Waals surface area (Å²) in [7, 11) is 0. The molecule has 0 aliphatic rings. The molecule has 2 nitrogen and oxygen atoms in total. The Hall–Kier alpha value is -1.58. The van der Waals surface area contributed by atoms with Crippen molar-refractivity contribution >= 4 is 34.7 Å². The molecule has 18 heavy (non-hydrogen) atoms. The van der Waals surface area contributed by atoms with Crippen LogP contribution >= 0.6 is 23.2 Å². The van der Waals surface area contributed by atoms with E-state index in [2.05, 4.69) is 0 Å². The summed E-state index contributed by atoms with van der Waals surface area (Å²) in [6.07, 6.45) is 0. The van der Waals surface area contributed by atoms with Gasteiger partial charge in [0.2, 0.25) is 0 Å². The van der Waals surface area contributed by atoms with Crippen LogP contribution in [0.15, 0.2) is 36.4 Å². The zero-order valence-corrected chi connectivity index (χ0v) is 10.6. The van der Waals surface area contributed by atoms with Crippen molar-refractivity contribution in [3.8, 4) is 0 Å². The van der Waals surface area contributed by atoms with Gasteiger partial charge in [0, 0.05) is 5.56 Å². The van der Waals surface area contributed by atoms with E-state index in [0.29, 0.717) is 0 Å². The second-order valence-corrected chi connectivity index (χ2v) is 4.48. The highest BCUT2D eigenvalue weighted by Crippen LogP contribution is 2.30. The molecule has 0 spiro atoms. The van der Waals surface area contributed by atoms with Gasteiger partial charge in [0.1, 0.15) is 5.82 Å². The number of anilines is 1. The van der Waals surface area contributed by atoms with Crippen LogP contribution in [0.4, 0.5) is 10.1 Å². The average molecular weight is 284 g/mol. The fraction of sp³-hybridized carbons (Fsp3) is 0. The Morgan fingerprint density at radius 3 is 2.22 bits per heavy atom. The van der Waals surface area contributed by atoms with Gasteiger partial charge < -0.3 is 5.73 Å². The lowest BCUT2D eigenvalue weighted by molar-refractivity contribution is 0.103. The molecule has 0 saturated heterocycles. The van der Waals surface area contributed by atoms with Crippen molar-refractivity contribution in [1.82, 2.24) is 0 Å². The number of benzene rings is 2. The van der Waals surface area contributed by atoms with Crippen LogP contribution in [0.3, 0.4) is 0 Å². The van der Waals surface area contributed by atoms with Crippen molar-refractivity contribution in [2.24, 2.45) is 0 Å². The van der Waals surface area contributed by atoms with Gasteiger partial charge in [0.05, 0.1) is 21.3 Å². The Morgan fingerprint density at radius 1 is 1.11 bits per heavy atom. The lowest BCUT2D eigenvalue weighted by Gasteiger charge is -2.06. The molecule has 0 aliphatic heterocycles. The van der Waals surface area contributed by atoms with Crippen LogP contribution in [0.5, 0.6) is 0 Å². The number of hydrogen-bond acceptors (Lipinski definition) is 2. The summed E-state index contributed by atoms with van der Waals surface area (Å²) in [5, 5.41) is 0.337. The maximum atomic E-state index is 13.5. The molecule has 0 bridgehead atoms. The molecule has 2 aromatic rings. The van der Waals surface area contributed by atoms with Crippen molar-refractivity contribution in [3.63, 3.8) is 0 Å². The number of nitrogen functional groups attached to an aromatic ring is 1. The van der Waals surface area contributed by atoms with E-state index in [1.165, 1.54) is 30.3 Å². The van der Waals surface area contributed by atoms with Crippen LogP contribution in [0.2, 0.25) is 10.0 Å². The fourth-order valence-corrected chi connectivity index (χ4v) is 2.00. The third kappa shape index (κ3) is 2.33. The lowest BCUT2D eigenvalue weighted by atomic mass is 10.0. The van der Waals surface area contributed by atoms with Gasteiger partial charge in [-0.05, 0) is 24.3 Å². The van der Waals surface area contributed by atoms with Crippen molar-refractivity contribution in [2.75, 3.05) is 5.73 Å². The molecule has 2 aromatic carbocycles. The van der Waals surface area contributed by atoms with Crippen LogP contribution in [0.25, 0.3) is 0 Å². The molecule has 2 rings (SSSR count). The van der Waals surface area contributed by atoms with Gasteiger partial charge in [0.15, 0.2) is 5.78 Å². The van der Waals surface area contributed by atoms with Crippen LogP contribution in [0.1, 0.15) is 15.9 Å². The summed E-state index contributed by atoms with van der Waals surface area (Å²) < 4.78 is 13.5.